The topological polar surface area (TPSA) is 35.5 Å². The highest BCUT2D eigenvalue weighted by atomic mass is 16.3. The largest absolute Gasteiger partial charge is 0.508 e. The zero-order valence-corrected chi connectivity index (χ0v) is 9.11. The summed E-state index contributed by atoms with van der Waals surface area (Å²) >= 11 is 0. The van der Waals surface area contributed by atoms with Crippen LogP contribution in [0.2, 0.25) is 0 Å². The van der Waals surface area contributed by atoms with Crippen molar-refractivity contribution < 1.29 is 5.11 Å². The van der Waals surface area contributed by atoms with E-state index in [0.29, 0.717) is 11.8 Å². The van der Waals surface area contributed by atoms with Crippen molar-refractivity contribution in [2.24, 2.45) is 0 Å². The Bertz CT molecular complexity index is 323. The number of hydrogen-bond donors (Lipinski definition) is 2. The summed E-state index contributed by atoms with van der Waals surface area (Å²) in [5.41, 5.74) is 1.03. The van der Waals surface area contributed by atoms with Gasteiger partial charge in [0.05, 0.1) is 6.04 Å². The van der Waals surface area contributed by atoms with Gasteiger partial charge in [-0.05, 0) is 19.5 Å². The van der Waals surface area contributed by atoms with Crippen molar-refractivity contribution in [2.45, 2.75) is 12.5 Å². The van der Waals surface area contributed by atoms with Crippen LogP contribution in [0.25, 0.3) is 0 Å². The molecule has 1 unspecified atom stereocenters. The van der Waals surface area contributed by atoms with E-state index in [0.717, 1.165) is 25.2 Å². The summed E-state index contributed by atoms with van der Waals surface area (Å²) in [6.07, 6.45) is 1.27. The first kappa shape index (κ1) is 10.5. The second-order valence-corrected chi connectivity index (χ2v) is 4.02. The van der Waals surface area contributed by atoms with Crippen LogP contribution in [0.4, 0.5) is 0 Å². The fourth-order valence-electron chi connectivity index (χ4n) is 2.05. The molecule has 82 valence electrons. The van der Waals surface area contributed by atoms with Gasteiger partial charge in [0.15, 0.2) is 0 Å². The molecular formula is C12H18N2O. The molecule has 15 heavy (non-hydrogen) atoms. The van der Waals surface area contributed by atoms with Gasteiger partial charge in [-0.15, -0.1) is 0 Å². The molecule has 0 saturated carbocycles. The fraction of sp³-hybridized carbons (Fsp3) is 0.500. The number of rotatable bonds is 4. The van der Waals surface area contributed by atoms with Crippen molar-refractivity contribution in [2.75, 3.05) is 26.7 Å². The van der Waals surface area contributed by atoms with Gasteiger partial charge in [-0.3, -0.25) is 4.90 Å². The standard InChI is InChI=1S/C12H18N2O/c1-13-9-11(14-7-4-8-14)10-5-2-3-6-12(10)15/h2-3,5-6,11,13,15H,4,7-9H2,1H3. The van der Waals surface area contributed by atoms with Crippen molar-refractivity contribution >= 4 is 0 Å². The average molecular weight is 206 g/mol. The Morgan fingerprint density at radius 1 is 1.40 bits per heavy atom. The quantitative estimate of drug-likeness (QED) is 0.780. The van der Waals surface area contributed by atoms with Crippen LogP contribution in [-0.4, -0.2) is 36.7 Å². The molecule has 1 heterocycles. The average Bonchev–Trinajstić information content (AvgIpc) is 2.15. The highest BCUT2D eigenvalue weighted by Gasteiger charge is 2.26. The molecule has 2 N–H and O–H groups in total. The molecule has 0 bridgehead atoms. The van der Waals surface area contributed by atoms with Crippen LogP contribution in [0.15, 0.2) is 24.3 Å². The number of benzene rings is 1. The molecule has 0 aromatic heterocycles. The second kappa shape index (κ2) is 4.64. The molecule has 1 atom stereocenters. The van der Waals surface area contributed by atoms with Crippen LogP contribution >= 0.6 is 0 Å². The Morgan fingerprint density at radius 3 is 2.67 bits per heavy atom. The monoisotopic (exact) mass is 206 g/mol. The van der Waals surface area contributed by atoms with E-state index in [1.54, 1.807) is 6.07 Å². The van der Waals surface area contributed by atoms with E-state index in [-0.39, 0.29) is 0 Å². The lowest BCUT2D eigenvalue weighted by Gasteiger charge is -2.38. The molecule has 3 heteroatoms. The lowest BCUT2D eigenvalue weighted by atomic mass is 10.0. The zero-order chi connectivity index (χ0) is 10.7. The van der Waals surface area contributed by atoms with Crippen LogP contribution in [0.5, 0.6) is 5.75 Å². The maximum Gasteiger partial charge on any atom is 0.120 e. The smallest absolute Gasteiger partial charge is 0.120 e. The Kier molecular flexibility index (Phi) is 3.23. The number of nitrogens with one attached hydrogen (secondary N) is 1. The van der Waals surface area contributed by atoms with Gasteiger partial charge >= 0.3 is 0 Å². The fourth-order valence-corrected chi connectivity index (χ4v) is 2.05. The second-order valence-electron chi connectivity index (χ2n) is 4.02. The number of likely N-dealkylation sites (tertiary alicyclic amines) is 1. The number of para-hydroxylation sites is 1. The van der Waals surface area contributed by atoms with Crippen LogP contribution in [0, 0.1) is 0 Å². The molecule has 0 aliphatic carbocycles. The maximum atomic E-state index is 9.82. The van der Waals surface area contributed by atoms with E-state index in [4.69, 9.17) is 0 Å². The first-order chi connectivity index (χ1) is 7.33. The van der Waals surface area contributed by atoms with Gasteiger partial charge in [0.2, 0.25) is 0 Å². The highest BCUT2D eigenvalue weighted by molar-refractivity contribution is 5.35. The lowest BCUT2D eigenvalue weighted by Crippen LogP contribution is -2.43. The summed E-state index contributed by atoms with van der Waals surface area (Å²) in [5, 5.41) is 13.0. The SMILES string of the molecule is CNCC(c1ccccc1O)N1CCC1. The van der Waals surface area contributed by atoms with Gasteiger partial charge in [-0.25, -0.2) is 0 Å². The number of aromatic hydroxyl groups is 1. The maximum absolute atomic E-state index is 9.82. The van der Waals surface area contributed by atoms with Crippen LogP contribution in [-0.2, 0) is 0 Å². The number of nitrogens with zero attached hydrogens (tertiary/aromatic N) is 1. The van der Waals surface area contributed by atoms with E-state index < -0.39 is 0 Å². The normalized spacial score (nSPS) is 18.5. The number of likely N-dealkylation sites (N-methyl/N-ethyl adjacent to an activating group) is 1. The van der Waals surface area contributed by atoms with Crippen molar-refractivity contribution in [3.05, 3.63) is 29.8 Å². The van der Waals surface area contributed by atoms with E-state index in [1.807, 2.05) is 25.2 Å². The summed E-state index contributed by atoms with van der Waals surface area (Å²) in [7, 11) is 1.95. The van der Waals surface area contributed by atoms with Gasteiger partial charge in [-0.1, -0.05) is 18.2 Å². The summed E-state index contributed by atoms with van der Waals surface area (Å²) in [6, 6.07) is 7.93. The number of phenolic OH excluding ortho intramolecular Hbond substituents is 1. The van der Waals surface area contributed by atoms with Crippen LogP contribution in [0.1, 0.15) is 18.0 Å². The summed E-state index contributed by atoms with van der Waals surface area (Å²) in [5.74, 6) is 0.407. The number of hydrogen-bond acceptors (Lipinski definition) is 3. The number of phenols is 1. The molecule has 2 rings (SSSR count). The molecule has 3 nitrogen and oxygen atoms in total. The molecular weight excluding hydrogens is 188 g/mol. The van der Waals surface area contributed by atoms with Crippen LogP contribution < -0.4 is 5.32 Å². The van der Waals surface area contributed by atoms with Crippen molar-refractivity contribution in [1.29, 1.82) is 0 Å². The molecule has 0 amide bonds. The highest BCUT2D eigenvalue weighted by Crippen LogP contribution is 2.30. The predicted molar refractivity (Wildman–Crippen MR) is 61.0 cm³/mol. The molecule has 1 fully saturated rings. The summed E-state index contributed by atoms with van der Waals surface area (Å²) in [4.78, 5) is 2.39. The van der Waals surface area contributed by atoms with Gasteiger partial charge in [-0.2, -0.15) is 0 Å². The molecule has 1 aliphatic heterocycles. The van der Waals surface area contributed by atoms with E-state index in [9.17, 15) is 5.11 Å². The zero-order valence-electron chi connectivity index (χ0n) is 9.11. The van der Waals surface area contributed by atoms with Gasteiger partial charge in [0.1, 0.15) is 5.75 Å². The third kappa shape index (κ3) is 2.13. The minimum Gasteiger partial charge on any atom is -0.508 e. The third-order valence-corrected chi connectivity index (χ3v) is 3.02. The van der Waals surface area contributed by atoms with Crippen molar-refractivity contribution in [1.82, 2.24) is 10.2 Å². The minimum atomic E-state index is 0.310. The Hall–Kier alpha value is -1.06. The first-order valence-corrected chi connectivity index (χ1v) is 5.49. The molecule has 0 spiro atoms. The third-order valence-electron chi connectivity index (χ3n) is 3.02. The van der Waals surface area contributed by atoms with Crippen molar-refractivity contribution in [3.8, 4) is 5.75 Å². The Balaban J connectivity index is 2.19. The lowest BCUT2D eigenvalue weighted by molar-refractivity contribution is 0.116. The van der Waals surface area contributed by atoms with Gasteiger partial charge in [0.25, 0.3) is 0 Å². The molecule has 1 aromatic rings. The molecule has 1 saturated heterocycles. The predicted octanol–water partition coefficient (Wildman–Crippen LogP) is 1.36. The minimum absolute atomic E-state index is 0.310. The summed E-state index contributed by atoms with van der Waals surface area (Å²) < 4.78 is 0. The van der Waals surface area contributed by atoms with E-state index >= 15 is 0 Å². The van der Waals surface area contributed by atoms with Gasteiger partial charge < -0.3 is 10.4 Å². The van der Waals surface area contributed by atoms with E-state index in [1.165, 1.54) is 6.42 Å². The Labute approximate surface area is 90.7 Å². The van der Waals surface area contributed by atoms with E-state index in [2.05, 4.69) is 10.2 Å². The summed E-state index contributed by atoms with van der Waals surface area (Å²) in [6.45, 7) is 3.17. The first-order valence-electron chi connectivity index (χ1n) is 5.49. The van der Waals surface area contributed by atoms with Crippen molar-refractivity contribution in [3.63, 3.8) is 0 Å². The molecule has 1 aromatic carbocycles. The van der Waals surface area contributed by atoms with Crippen LogP contribution in [0.3, 0.4) is 0 Å². The molecule has 1 aliphatic rings. The molecule has 0 radical (unpaired) electrons. The Morgan fingerprint density at radius 2 is 2.13 bits per heavy atom. The van der Waals surface area contributed by atoms with Gasteiger partial charge in [0, 0.05) is 25.2 Å².